The Bertz CT molecular complexity index is 795. The summed E-state index contributed by atoms with van der Waals surface area (Å²) in [5.74, 6) is 0.750. The summed E-state index contributed by atoms with van der Waals surface area (Å²) < 4.78 is 6.38. The van der Waals surface area contributed by atoms with Gasteiger partial charge >= 0.3 is 0 Å². The van der Waals surface area contributed by atoms with Crippen LogP contribution in [0.4, 0.5) is 0 Å². The first-order valence-corrected chi connectivity index (χ1v) is 8.75. The van der Waals surface area contributed by atoms with Gasteiger partial charge in [0.25, 0.3) is 5.91 Å². The Morgan fingerprint density at radius 2 is 1.79 bits per heavy atom. The van der Waals surface area contributed by atoms with Gasteiger partial charge in [0, 0.05) is 7.05 Å². The quantitative estimate of drug-likeness (QED) is 0.600. The first kappa shape index (κ1) is 16.7. The summed E-state index contributed by atoms with van der Waals surface area (Å²) in [6.45, 7) is 2.60. The van der Waals surface area contributed by atoms with Crippen LogP contribution in [0.1, 0.15) is 16.7 Å². The molecule has 3 nitrogen and oxygen atoms in total. The second-order valence-corrected chi connectivity index (χ2v) is 7.26. The second-order valence-electron chi connectivity index (χ2n) is 5.58. The number of thiocarbonyl (C=S) groups is 1. The molecule has 1 amide bonds. The lowest BCUT2D eigenvalue weighted by Gasteiger charge is -2.07. The van der Waals surface area contributed by atoms with E-state index in [9.17, 15) is 4.79 Å². The molecule has 122 valence electrons. The molecule has 0 unspecified atom stereocenters. The fourth-order valence-electron chi connectivity index (χ4n) is 2.21. The van der Waals surface area contributed by atoms with E-state index in [1.54, 1.807) is 7.05 Å². The molecule has 1 aliphatic heterocycles. The maximum absolute atomic E-state index is 12.0. The Labute approximate surface area is 151 Å². The topological polar surface area (TPSA) is 29.5 Å². The molecule has 2 aromatic rings. The molecule has 2 aromatic carbocycles. The fraction of sp³-hybridized carbons (Fsp3) is 0.158. The molecule has 0 atom stereocenters. The van der Waals surface area contributed by atoms with E-state index in [4.69, 9.17) is 17.0 Å². The molecule has 1 fully saturated rings. The number of carbonyl (C=O) groups is 1. The van der Waals surface area contributed by atoms with Crippen LogP contribution in [0, 0.1) is 6.92 Å². The summed E-state index contributed by atoms with van der Waals surface area (Å²) in [6, 6.07) is 16.0. The molecule has 5 heteroatoms. The van der Waals surface area contributed by atoms with E-state index in [1.165, 1.54) is 22.2 Å². The van der Waals surface area contributed by atoms with E-state index in [0.717, 1.165) is 16.9 Å². The minimum atomic E-state index is -0.0512. The Hall–Kier alpha value is -2.11. The number of ether oxygens (including phenoxy) is 1. The summed E-state index contributed by atoms with van der Waals surface area (Å²) in [4.78, 5) is 14.1. The molecule has 3 rings (SSSR count). The van der Waals surface area contributed by atoms with Crippen molar-refractivity contribution in [3.8, 4) is 5.75 Å². The normalized spacial score (nSPS) is 16.1. The molecule has 0 radical (unpaired) electrons. The van der Waals surface area contributed by atoms with Gasteiger partial charge in [-0.1, -0.05) is 65.9 Å². The number of rotatable bonds is 4. The van der Waals surface area contributed by atoms with Crippen LogP contribution in [0.25, 0.3) is 6.08 Å². The minimum Gasteiger partial charge on any atom is -0.489 e. The van der Waals surface area contributed by atoms with Gasteiger partial charge in [0.15, 0.2) is 0 Å². The van der Waals surface area contributed by atoms with E-state index in [1.807, 2.05) is 30.3 Å². The molecule has 1 saturated heterocycles. The smallest absolute Gasteiger partial charge is 0.265 e. The third-order valence-electron chi connectivity index (χ3n) is 3.69. The van der Waals surface area contributed by atoms with Crippen molar-refractivity contribution in [2.45, 2.75) is 13.5 Å². The van der Waals surface area contributed by atoms with Crippen LogP contribution < -0.4 is 4.74 Å². The monoisotopic (exact) mass is 355 g/mol. The molecule has 0 saturated carbocycles. The summed E-state index contributed by atoms with van der Waals surface area (Å²) in [5.41, 5.74) is 3.32. The Balaban J connectivity index is 1.64. The van der Waals surface area contributed by atoms with Crippen LogP contribution in [0.5, 0.6) is 5.75 Å². The van der Waals surface area contributed by atoms with Crippen molar-refractivity contribution < 1.29 is 9.53 Å². The van der Waals surface area contributed by atoms with Crippen LogP contribution in [0.3, 0.4) is 0 Å². The van der Waals surface area contributed by atoms with Gasteiger partial charge in [-0.05, 0) is 36.3 Å². The summed E-state index contributed by atoms with van der Waals surface area (Å²) in [7, 11) is 1.69. The highest BCUT2D eigenvalue weighted by atomic mass is 32.2. The van der Waals surface area contributed by atoms with E-state index in [0.29, 0.717) is 15.8 Å². The standard InChI is InChI=1S/C19H17NO2S2/c1-13-3-5-15(6-4-13)12-22-16-9-7-14(8-10-16)11-17-18(21)20(2)19(23)24-17/h3-11H,12H2,1-2H3/b17-11+. The average molecular weight is 355 g/mol. The molecule has 1 aliphatic rings. The van der Waals surface area contributed by atoms with E-state index >= 15 is 0 Å². The third-order valence-corrected chi connectivity index (χ3v) is 5.18. The van der Waals surface area contributed by atoms with Crippen LogP contribution in [0.2, 0.25) is 0 Å². The summed E-state index contributed by atoms with van der Waals surface area (Å²) >= 11 is 6.46. The molecular weight excluding hydrogens is 338 g/mol. The zero-order valence-electron chi connectivity index (χ0n) is 13.5. The van der Waals surface area contributed by atoms with E-state index < -0.39 is 0 Å². The number of aryl methyl sites for hydroxylation is 1. The highest BCUT2D eigenvalue weighted by Crippen LogP contribution is 2.31. The van der Waals surface area contributed by atoms with Crippen molar-refractivity contribution in [3.05, 3.63) is 70.1 Å². The molecule has 1 heterocycles. The predicted molar refractivity (Wildman–Crippen MR) is 103 cm³/mol. The van der Waals surface area contributed by atoms with Crippen LogP contribution in [-0.2, 0) is 11.4 Å². The van der Waals surface area contributed by atoms with Crippen molar-refractivity contribution in [1.29, 1.82) is 0 Å². The van der Waals surface area contributed by atoms with Crippen molar-refractivity contribution in [2.24, 2.45) is 0 Å². The molecule has 24 heavy (non-hydrogen) atoms. The number of nitrogens with zero attached hydrogens (tertiary/aromatic N) is 1. The highest BCUT2D eigenvalue weighted by Gasteiger charge is 2.28. The van der Waals surface area contributed by atoms with Gasteiger partial charge in [0.05, 0.1) is 4.91 Å². The molecule has 0 aliphatic carbocycles. The first-order valence-electron chi connectivity index (χ1n) is 7.53. The fourth-order valence-corrected chi connectivity index (χ4v) is 3.39. The van der Waals surface area contributed by atoms with Crippen molar-refractivity contribution >= 4 is 40.3 Å². The zero-order chi connectivity index (χ0) is 17.1. The van der Waals surface area contributed by atoms with Gasteiger partial charge in [0.1, 0.15) is 16.7 Å². The van der Waals surface area contributed by atoms with Crippen molar-refractivity contribution in [3.63, 3.8) is 0 Å². The third kappa shape index (κ3) is 3.86. The van der Waals surface area contributed by atoms with Gasteiger partial charge in [-0.25, -0.2) is 0 Å². The summed E-state index contributed by atoms with van der Waals surface area (Å²) in [5, 5.41) is 0. The molecule has 0 N–H and O–H groups in total. The van der Waals surface area contributed by atoms with Crippen molar-refractivity contribution in [2.75, 3.05) is 7.05 Å². The number of carbonyl (C=O) groups excluding carboxylic acids is 1. The molecule has 0 bridgehead atoms. The van der Waals surface area contributed by atoms with Crippen molar-refractivity contribution in [1.82, 2.24) is 4.90 Å². The second kappa shape index (κ2) is 7.20. The van der Waals surface area contributed by atoms with E-state index in [-0.39, 0.29) is 5.91 Å². The maximum Gasteiger partial charge on any atom is 0.265 e. The Morgan fingerprint density at radius 1 is 1.12 bits per heavy atom. The van der Waals surface area contributed by atoms with Crippen LogP contribution in [-0.4, -0.2) is 22.2 Å². The number of thioether (sulfide) groups is 1. The lowest BCUT2D eigenvalue weighted by Crippen LogP contribution is -2.22. The Kier molecular flexibility index (Phi) is 5.02. The number of likely N-dealkylation sites (N-methyl/N-ethyl adjacent to an activating group) is 1. The number of amides is 1. The molecular formula is C19H17NO2S2. The minimum absolute atomic E-state index is 0.0512. The van der Waals surface area contributed by atoms with Gasteiger partial charge in [-0.3, -0.25) is 9.69 Å². The zero-order valence-corrected chi connectivity index (χ0v) is 15.1. The molecule has 0 aromatic heterocycles. The largest absolute Gasteiger partial charge is 0.489 e. The SMILES string of the molecule is Cc1ccc(COc2ccc(/C=C3/SC(=S)N(C)C3=O)cc2)cc1. The predicted octanol–water partition coefficient (Wildman–Crippen LogP) is 4.41. The number of hydrogen-bond acceptors (Lipinski definition) is 4. The van der Waals surface area contributed by atoms with E-state index in [2.05, 4.69) is 31.2 Å². The average Bonchev–Trinajstić information content (AvgIpc) is 2.83. The Morgan fingerprint density at radius 3 is 2.38 bits per heavy atom. The first-order chi connectivity index (χ1) is 11.5. The lowest BCUT2D eigenvalue weighted by atomic mass is 10.1. The lowest BCUT2D eigenvalue weighted by molar-refractivity contribution is -0.121. The van der Waals surface area contributed by atoms with Gasteiger partial charge in [0.2, 0.25) is 0 Å². The molecule has 0 spiro atoms. The van der Waals surface area contributed by atoms with Gasteiger partial charge in [-0.15, -0.1) is 0 Å². The summed E-state index contributed by atoms with van der Waals surface area (Å²) in [6.07, 6.45) is 1.85. The van der Waals surface area contributed by atoms with Crippen LogP contribution in [0.15, 0.2) is 53.4 Å². The van der Waals surface area contributed by atoms with Gasteiger partial charge < -0.3 is 4.74 Å². The maximum atomic E-state index is 12.0. The number of benzene rings is 2. The number of hydrogen-bond donors (Lipinski definition) is 0. The highest BCUT2D eigenvalue weighted by molar-refractivity contribution is 8.26. The van der Waals surface area contributed by atoms with Gasteiger partial charge in [-0.2, -0.15) is 0 Å². The van der Waals surface area contributed by atoms with Crippen LogP contribution >= 0.6 is 24.0 Å².